The lowest BCUT2D eigenvalue weighted by atomic mass is 9.97. The van der Waals surface area contributed by atoms with E-state index in [2.05, 4.69) is 61.5 Å². The minimum absolute atomic E-state index is 0.208. The van der Waals surface area contributed by atoms with Crippen molar-refractivity contribution in [3.8, 4) is 0 Å². The quantitative estimate of drug-likeness (QED) is 0.782. The van der Waals surface area contributed by atoms with Crippen molar-refractivity contribution in [2.45, 2.75) is 12.5 Å². The lowest BCUT2D eigenvalue weighted by Crippen LogP contribution is -2.19. The maximum Gasteiger partial charge on any atom is 0.0749 e. The number of rotatable bonds is 4. The number of nitrogens with zero attached hydrogens (tertiary/aromatic N) is 2. The maximum absolute atomic E-state index is 4.54. The van der Waals surface area contributed by atoms with Gasteiger partial charge in [-0.25, -0.2) is 0 Å². The molecule has 1 atom stereocenters. The number of halogens is 1. The third-order valence-corrected chi connectivity index (χ3v) is 4.02. The van der Waals surface area contributed by atoms with Crippen LogP contribution in [0.25, 0.3) is 10.9 Å². The Balaban J connectivity index is 1.98. The number of benzene rings is 1. The number of likely N-dealkylation sites (N-methyl/N-ethyl adjacent to an activating group) is 1. The number of hydrogen-bond acceptors (Lipinski definition) is 3. The van der Waals surface area contributed by atoms with E-state index in [1.165, 1.54) is 16.5 Å². The predicted molar refractivity (Wildman–Crippen MR) is 89.2 cm³/mol. The van der Waals surface area contributed by atoms with Crippen molar-refractivity contribution in [1.82, 2.24) is 15.3 Å². The van der Waals surface area contributed by atoms with Gasteiger partial charge in [0.25, 0.3) is 0 Å². The second-order valence-corrected chi connectivity index (χ2v) is 5.89. The van der Waals surface area contributed by atoms with Crippen LogP contribution in [0.4, 0.5) is 0 Å². The Labute approximate surface area is 132 Å². The van der Waals surface area contributed by atoms with Crippen LogP contribution in [0.5, 0.6) is 0 Å². The van der Waals surface area contributed by atoms with Gasteiger partial charge in [0.1, 0.15) is 0 Å². The lowest BCUT2D eigenvalue weighted by molar-refractivity contribution is 0.594. The van der Waals surface area contributed by atoms with Crippen molar-refractivity contribution in [2.75, 3.05) is 7.05 Å². The van der Waals surface area contributed by atoms with Crippen molar-refractivity contribution in [3.63, 3.8) is 0 Å². The molecule has 0 bridgehead atoms. The predicted octanol–water partition coefficient (Wildman–Crippen LogP) is 3.90. The summed E-state index contributed by atoms with van der Waals surface area (Å²) in [5.74, 6) is 0. The normalized spacial score (nSPS) is 12.5. The van der Waals surface area contributed by atoms with Gasteiger partial charge >= 0.3 is 0 Å². The molecule has 106 valence electrons. The standard InChI is InChI=1S/C17H16BrN3/c1-19-16(9-12-8-14(18)11-20-10-12)15-6-2-4-13-5-3-7-21-17(13)15/h2-8,10-11,16,19H,9H2,1H3. The number of pyridine rings is 2. The average Bonchev–Trinajstić information content (AvgIpc) is 2.52. The summed E-state index contributed by atoms with van der Waals surface area (Å²) in [5.41, 5.74) is 3.47. The molecule has 0 amide bonds. The fraction of sp³-hybridized carbons (Fsp3) is 0.176. The SMILES string of the molecule is CNC(Cc1cncc(Br)c1)c1cccc2cccnc12. The van der Waals surface area contributed by atoms with Gasteiger partial charge in [-0.3, -0.25) is 9.97 Å². The Morgan fingerprint density at radius 1 is 1.19 bits per heavy atom. The van der Waals surface area contributed by atoms with Crippen molar-refractivity contribution in [3.05, 3.63) is 70.6 Å². The molecular formula is C17H16BrN3. The van der Waals surface area contributed by atoms with Gasteiger partial charge in [-0.1, -0.05) is 24.3 Å². The molecule has 3 rings (SSSR count). The van der Waals surface area contributed by atoms with Crippen LogP contribution in [0.15, 0.2) is 59.5 Å². The van der Waals surface area contributed by atoms with Gasteiger partial charge in [-0.2, -0.15) is 0 Å². The Morgan fingerprint density at radius 3 is 2.86 bits per heavy atom. The van der Waals surface area contributed by atoms with Gasteiger partial charge in [0.05, 0.1) is 5.52 Å². The van der Waals surface area contributed by atoms with Crippen LogP contribution < -0.4 is 5.32 Å². The average molecular weight is 342 g/mol. The van der Waals surface area contributed by atoms with E-state index in [-0.39, 0.29) is 6.04 Å². The summed E-state index contributed by atoms with van der Waals surface area (Å²) in [4.78, 5) is 8.78. The van der Waals surface area contributed by atoms with Crippen LogP contribution in [-0.4, -0.2) is 17.0 Å². The van der Waals surface area contributed by atoms with E-state index in [0.717, 1.165) is 16.4 Å². The number of para-hydroxylation sites is 1. The largest absolute Gasteiger partial charge is 0.313 e. The van der Waals surface area contributed by atoms with Crippen LogP contribution in [0, 0.1) is 0 Å². The van der Waals surface area contributed by atoms with Gasteiger partial charge < -0.3 is 5.32 Å². The van der Waals surface area contributed by atoms with E-state index in [1.807, 2.05) is 25.5 Å². The van der Waals surface area contributed by atoms with E-state index >= 15 is 0 Å². The first-order valence-corrected chi connectivity index (χ1v) is 7.67. The van der Waals surface area contributed by atoms with Crippen LogP contribution in [0.1, 0.15) is 17.2 Å². The highest BCUT2D eigenvalue weighted by atomic mass is 79.9. The van der Waals surface area contributed by atoms with Crippen molar-refractivity contribution < 1.29 is 0 Å². The molecule has 3 nitrogen and oxygen atoms in total. The van der Waals surface area contributed by atoms with Gasteiger partial charge in [-0.05, 0) is 52.7 Å². The zero-order valence-corrected chi connectivity index (χ0v) is 13.3. The second kappa shape index (κ2) is 6.33. The van der Waals surface area contributed by atoms with E-state index in [0.29, 0.717) is 0 Å². The monoisotopic (exact) mass is 341 g/mol. The number of aromatic nitrogens is 2. The minimum Gasteiger partial charge on any atom is -0.313 e. The van der Waals surface area contributed by atoms with Crippen molar-refractivity contribution in [2.24, 2.45) is 0 Å². The molecular weight excluding hydrogens is 326 g/mol. The summed E-state index contributed by atoms with van der Waals surface area (Å²) in [7, 11) is 1.98. The van der Waals surface area contributed by atoms with Crippen LogP contribution >= 0.6 is 15.9 Å². The van der Waals surface area contributed by atoms with Gasteiger partial charge in [-0.15, -0.1) is 0 Å². The zero-order chi connectivity index (χ0) is 14.7. The van der Waals surface area contributed by atoms with Gasteiger partial charge in [0.15, 0.2) is 0 Å². The number of fused-ring (bicyclic) bond motifs is 1. The molecule has 0 radical (unpaired) electrons. The fourth-order valence-corrected chi connectivity index (χ4v) is 2.99. The smallest absolute Gasteiger partial charge is 0.0749 e. The molecule has 3 aromatic rings. The first kappa shape index (κ1) is 14.2. The molecule has 21 heavy (non-hydrogen) atoms. The molecule has 2 aromatic heterocycles. The van der Waals surface area contributed by atoms with Gasteiger partial charge in [0.2, 0.25) is 0 Å². The summed E-state index contributed by atoms with van der Waals surface area (Å²) < 4.78 is 1.01. The highest BCUT2D eigenvalue weighted by molar-refractivity contribution is 9.10. The molecule has 4 heteroatoms. The van der Waals surface area contributed by atoms with E-state index in [4.69, 9.17) is 0 Å². The van der Waals surface area contributed by atoms with Crippen LogP contribution in [-0.2, 0) is 6.42 Å². The van der Waals surface area contributed by atoms with Crippen LogP contribution in [0.2, 0.25) is 0 Å². The Hall–Kier alpha value is -1.78. The molecule has 0 fully saturated rings. The molecule has 0 aliphatic carbocycles. The number of nitrogens with one attached hydrogen (secondary N) is 1. The van der Waals surface area contributed by atoms with E-state index in [1.54, 1.807) is 6.20 Å². The highest BCUT2D eigenvalue weighted by Crippen LogP contribution is 2.25. The zero-order valence-electron chi connectivity index (χ0n) is 11.8. The molecule has 0 aliphatic rings. The summed E-state index contributed by atoms with van der Waals surface area (Å²) in [5, 5.41) is 4.56. The third-order valence-electron chi connectivity index (χ3n) is 3.59. The second-order valence-electron chi connectivity index (χ2n) is 4.98. The fourth-order valence-electron chi connectivity index (χ4n) is 2.58. The number of hydrogen-bond donors (Lipinski definition) is 1. The summed E-state index contributed by atoms with van der Waals surface area (Å²) >= 11 is 3.47. The molecule has 0 aliphatic heterocycles. The maximum atomic E-state index is 4.54. The third kappa shape index (κ3) is 3.12. The topological polar surface area (TPSA) is 37.8 Å². The van der Waals surface area contributed by atoms with Gasteiger partial charge in [0, 0.05) is 34.5 Å². The van der Waals surface area contributed by atoms with Crippen LogP contribution in [0.3, 0.4) is 0 Å². The van der Waals surface area contributed by atoms with E-state index in [9.17, 15) is 0 Å². The van der Waals surface area contributed by atoms with E-state index < -0.39 is 0 Å². The molecule has 1 N–H and O–H groups in total. The minimum atomic E-state index is 0.208. The molecule has 0 saturated carbocycles. The summed E-state index contributed by atoms with van der Waals surface area (Å²) in [6.07, 6.45) is 6.43. The Kier molecular flexibility index (Phi) is 4.27. The Bertz CT molecular complexity index is 752. The molecule has 1 aromatic carbocycles. The molecule has 2 heterocycles. The highest BCUT2D eigenvalue weighted by Gasteiger charge is 2.14. The molecule has 1 unspecified atom stereocenters. The van der Waals surface area contributed by atoms with Crippen molar-refractivity contribution >= 4 is 26.8 Å². The first-order chi connectivity index (χ1) is 10.3. The Morgan fingerprint density at radius 2 is 2.05 bits per heavy atom. The summed E-state index contributed by atoms with van der Waals surface area (Å²) in [6, 6.07) is 12.7. The first-order valence-electron chi connectivity index (χ1n) is 6.88. The van der Waals surface area contributed by atoms with Crippen molar-refractivity contribution in [1.29, 1.82) is 0 Å². The molecule has 0 spiro atoms. The molecule has 0 saturated heterocycles. The lowest BCUT2D eigenvalue weighted by Gasteiger charge is -2.18. The summed E-state index contributed by atoms with van der Waals surface area (Å²) in [6.45, 7) is 0.